The van der Waals surface area contributed by atoms with Gasteiger partial charge in [0.05, 0.1) is 6.61 Å². The third-order valence-electron chi connectivity index (χ3n) is 5.59. The van der Waals surface area contributed by atoms with Gasteiger partial charge in [0, 0.05) is 32.1 Å². The van der Waals surface area contributed by atoms with Crippen LogP contribution in [0.2, 0.25) is 0 Å². The molecule has 0 spiro atoms. The van der Waals surface area contributed by atoms with E-state index >= 15 is 0 Å². The SMILES string of the molecule is CCCCN1C(=O)CC[C@@H]2CN(C(=O)COCc3ccccc3)CC[C@@H]21. The van der Waals surface area contributed by atoms with Crippen LogP contribution in [0, 0.1) is 5.92 Å². The molecule has 2 aliphatic rings. The van der Waals surface area contributed by atoms with Crippen molar-refractivity contribution in [3.8, 4) is 0 Å². The standard InChI is InChI=1S/C21H30N2O3/c1-2-3-12-23-19-11-13-22(14-18(19)9-10-20(23)24)21(25)16-26-15-17-7-5-4-6-8-17/h4-8,18-19H,2-3,9-16H2,1H3/t18-,19+/m1/s1. The average Bonchev–Trinajstić information content (AvgIpc) is 2.67. The molecule has 26 heavy (non-hydrogen) atoms. The Labute approximate surface area is 156 Å². The van der Waals surface area contributed by atoms with E-state index < -0.39 is 0 Å². The number of hydrogen-bond donors (Lipinski definition) is 0. The van der Waals surface area contributed by atoms with Crippen LogP contribution in [-0.2, 0) is 20.9 Å². The maximum absolute atomic E-state index is 12.5. The third kappa shape index (κ3) is 4.64. The van der Waals surface area contributed by atoms with Crippen LogP contribution in [0.15, 0.2) is 30.3 Å². The largest absolute Gasteiger partial charge is 0.367 e. The molecule has 1 aromatic carbocycles. The Morgan fingerprint density at radius 2 is 2.04 bits per heavy atom. The Balaban J connectivity index is 1.48. The van der Waals surface area contributed by atoms with Crippen LogP contribution >= 0.6 is 0 Å². The second-order valence-electron chi connectivity index (χ2n) is 7.41. The first-order valence-electron chi connectivity index (χ1n) is 9.88. The number of piperidine rings is 2. The summed E-state index contributed by atoms with van der Waals surface area (Å²) in [5.41, 5.74) is 1.08. The molecule has 0 bridgehead atoms. The van der Waals surface area contributed by atoms with Gasteiger partial charge in [-0.1, -0.05) is 43.7 Å². The van der Waals surface area contributed by atoms with Gasteiger partial charge in [0.2, 0.25) is 11.8 Å². The molecule has 2 aliphatic heterocycles. The number of amides is 2. The monoisotopic (exact) mass is 358 g/mol. The molecule has 1 aromatic rings. The molecular weight excluding hydrogens is 328 g/mol. The van der Waals surface area contributed by atoms with Crippen LogP contribution in [0.25, 0.3) is 0 Å². The first kappa shape index (κ1) is 18.9. The Hall–Kier alpha value is -1.88. The van der Waals surface area contributed by atoms with Crippen LogP contribution in [0.1, 0.15) is 44.6 Å². The molecule has 142 valence electrons. The summed E-state index contributed by atoms with van der Waals surface area (Å²) < 4.78 is 5.61. The Morgan fingerprint density at radius 1 is 1.23 bits per heavy atom. The van der Waals surface area contributed by atoms with Crippen molar-refractivity contribution in [3.05, 3.63) is 35.9 Å². The summed E-state index contributed by atoms with van der Waals surface area (Å²) in [5.74, 6) is 0.776. The molecular formula is C21H30N2O3. The number of ether oxygens (including phenoxy) is 1. The molecule has 2 heterocycles. The van der Waals surface area contributed by atoms with E-state index in [1.54, 1.807) is 0 Å². The molecule has 0 unspecified atom stereocenters. The van der Waals surface area contributed by atoms with Crippen molar-refractivity contribution < 1.29 is 14.3 Å². The maximum atomic E-state index is 12.5. The van der Waals surface area contributed by atoms with E-state index in [1.165, 1.54) is 0 Å². The highest BCUT2D eigenvalue weighted by atomic mass is 16.5. The van der Waals surface area contributed by atoms with Gasteiger partial charge in [-0.15, -0.1) is 0 Å². The number of nitrogens with zero attached hydrogens (tertiary/aromatic N) is 2. The van der Waals surface area contributed by atoms with E-state index in [1.807, 2.05) is 35.2 Å². The highest BCUT2D eigenvalue weighted by molar-refractivity contribution is 5.79. The highest BCUT2D eigenvalue weighted by Crippen LogP contribution is 2.31. The number of benzene rings is 1. The quantitative estimate of drug-likeness (QED) is 0.753. The number of carbonyl (C=O) groups excluding carboxylic acids is 2. The van der Waals surface area contributed by atoms with Crippen LogP contribution in [-0.4, -0.2) is 53.9 Å². The minimum Gasteiger partial charge on any atom is -0.367 e. The van der Waals surface area contributed by atoms with E-state index in [9.17, 15) is 9.59 Å². The molecule has 2 atom stereocenters. The summed E-state index contributed by atoms with van der Waals surface area (Å²) in [6.45, 7) is 5.10. The minimum absolute atomic E-state index is 0.0661. The lowest BCUT2D eigenvalue weighted by Gasteiger charge is -2.47. The summed E-state index contributed by atoms with van der Waals surface area (Å²) >= 11 is 0. The van der Waals surface area contributed by atoms with Crippen molar-refractivity contribution in [1.29, 1.82) is 0 Å². The molecule has 0 saturated carbocycles. The molecule has 0 aliphatic carbocycles. The van der Waals surface area contributed by atoms with Crippen LogP contribution in [0.5, 0.6) is 0 Å². The zero-order valence-electron chi connectivity index (χ0n) is 15.7. The number of carbonyl (C=O) groups is 2. The second-order valence-corrected chi connectivity index (χ2v) is 7.41. The summed E-state index contributed by atoms with van der Waals surface area (Å²) in [5, 5.41) is 0. The van der Waals surface area contributed by atoms with Crippen LogP contribution in [0.4, 0.5) is 0 Å². The van der Waals surface area contributed by atoms with Crippen molar-refractivity contribution in [2.45, 2.75) is 51.7 Å². The fraction of sp³-hybridized carbons (Fsp3) is 0.619. The van der Waals surface area contributed by atoms with Gasteiger partial charge in [-0.3, -0.25) is 9.59 Å². The molecule has 2 fully saturated rings. The Kier molecular flexibility index (Phi) is 6.67. The van der Waals surface area contributed by atoms with E-state index in [4.69, 9.17) is 4.74 Å². The van der Waals surface area contributed by atoms with Gasteiger partial charge >= 0.3 is 0 Å². The zero-order chi connectivity index (χ0) is 18.4. The smallest absolute Gasteiger partial charge is 0.248 e. The van der Waals surface area contributed by atoms with Crippen molar-refractivity contribution in [3.63, 3.8) is 0 Å². The molecule has 0 N–H and O–H groups in total. The van der Waals surface area contributed by atoms with Gasteiger partial charge < -0.3 is 14.5 Å². The maximum Gasteiger partial charge on any atom is 0.248 e. The molecule has 3 rings (SSSR count). The summed E-state index contributed by atoms with van der Waals surface area (Å²) in [6.07, 6.45) is 4.58. The van der Waals surface area contributed by atoms with Crippen molar-refractivity contribution in [2.75, 3.05) is 26.2 Å². The molecule has 0 radical (unpaired) electrons. The topological polar surface area (TPSA) is 49.9 Å². The van der Waals surface area contributed by atoms with Gasteiger partial charge in [-0.25, -0.2) is 0 Å². The lowest BCUT2D eigenvalue weighted by molar-refractivity contribution is -0.146. The first-order chi connectivity index (χ1) is 12.7. The van der Waals surface area contributed by atoms with E-state index in [2.05, 4.69) is 11.8 Å². The molecule has 2 saturated heterocycles. The summed E-state index contributed by atoms with van der Waals surface area (Å²) in [7, 11) is 0. The predicted octanol–water partition coefficient (Wildman–Crippen LogP) is 2.84. The van der Waals surface area contributed by atoms with E-state index in [0.29, 0.717) is 30.9 Å². The first-order valence-corrected chi connectivity index (χ1v) is 9.88. The second kappa shape index (κ2) is 9.17. The highest BCUT2D eigenvalue weighted by Gasteiger charge is 2.39. The van der Waals surface area contributed by atoms with Gasteiger partial charge in [0.15, 0.2) is 0 Å². The van der Waals surface area contributed by atoms with E-state index in [0.717, 1.165) is 50.9 Å². The summed E-state index contributed by atoms with van der Waals surface area (Å²) in [6, 6.07) is 10.2. The molecule has 0 aromatic heterocycles. The fourth-order valence-electron chi connectivity index (χ4n) is 4.12. The number of likely N-dealkylation sites (tertiary alicyclic amines) is 2. The van der Waals surface area contributed by atoms with Gasteiger partial charge in [0.1, 0.15) is 6.61 Å². The number of fused-ring (bicyclic) bond motifs is 1. The van der Waals surface area contributed by atoms with Gasteiger partial charge in [0.25, 0.3) is 0 Å². The van der Waals surface area contributed by atoms with Gasteiger partial charge in [-0.05, 0) is 30.7 Å². The van der Waals surface area contributed by atoms with Crippen LogP contribution in [0.3, 0.4) is 0 Å². The predicted molar refractivity (Wildman–Crippen MR) is 100 cm³/mol. The Bertz CT molecular complexity index is 605. The lowest BCUT2D eigenvalue weighted by atomic mass is 9.83. The van der Waals surface area contributed by atoms with Gasteiger partial charge in [-0.2, -0.15) is 0 Å². The normalized spacial score (nSPS) is 23.0. The number of rotatable bonds is 7. The third-order valence-corrected chi connectivity index (χ3v) is 5.59. The molecule has 2 amide bonds. The Morgan fingerprint density at radius 3 is 2.81 bits per heavy atom. The lowest BCUT2D eigenvalue weighted by Crippen LogP contribution is -2.57. The zero-order valence-corrected chi connectivity index (χ0v) is 15.7. The average molecular weight is 358 g/mol. The van der Waals surface area contributed by atoms with Crippen molar-refractivity contribution in [1.82, 2.24) is 9.80 Å². The fourth-order valence-corrected chi connectivity index (χ4v) is 4.12. The van der Waals surface area contributed by atoms with Crippen molar-refractivity contribution >= 4 is 11.8 Å². The molecule has 5 heteroatoms. The number of hydrogen-bond acceptors (Lipinski definition) is 3. The van der Waals surface area contributed by atoms with E-state index in [-0.39, 0.29) is 12.5 Å². The number of unbranched alkanes of at least 4 members (excludes halogenated alkanes) is 1. The van der Waals surface area contributed by atoms with Crippen LogP contribution < -0.4 is 0 Å². The minimum atomic E-state index is 0.0661. The van der Waals surface area contributed by atoms with Crippen molar-refractivity contribution in [2.24, 2.45) is 5.92 Å². The molecule has 5 nitrogen and oxygen atoms in total. The summed E-state index contributed by atoms with van der Waals surface area (Å²) in [4.78, 5) is 28.8.